The number of aryl methyl sites for hydroxylation is 1. The highest BCUT2D eigenvalue weighted by atomic mass is 32.2. The van der Waals surface area contributed by atoms with Crippen LogP contribution in [0.25, 0.3) is 11.1 Å². The zero-order valence-electron chi connectivity index (χ0n) is 25.6. The van der Waals surface area contributed by atoms with E-state index in [9.17, 15) is 26.4 Å². The molecule has 0 radical (unpaired) electrons. The van der Waals surface area contributed by atoms with Crippen LogP contribution in [0.15, 0.2) is 96.3 Å². The van der Waals surface area contributed by atoms with Gasteiger partial charge in [-0.2, -0.15) is 26.7 Å². The molecule has 0 fully saturated rings. The predicted molar refractivity (Wildman–Crippen MR) is 172 cm³/mol. The molecule has 5 aromatic rings. The molecule has 0 aliphatic carbocycles. The summed E-state index contributed by atoms with van der Waals surface area (Å²) in [6.07, 6.45) is 0.793. The molecule has 2 aromatic heterocycles. The lowest BCUT2D eigenvalue weighted by atomic mass is 10.1. The molecular formula is C34H30F3N5O5S. The van der Waals surface area contributed by atoms with Gasteiger partial charge >= 0.3 is 6.18 Å². The molecule has 6 rings (SSSR count). The standard InChI is InChI=1S/C34H30F3N5O5S/c1-22-5-8-29(9-6-22)48(44,45)46-14-13-41-21-26(20-40-41)25-18-31(33(38)39-19-25)47-28-7-10-30-24(17-28)11-12-42(30)32(43)16-23-3-2-4-27(15-23)34(35,36)37/h2-10,15,17-21H,11-14,16H2,1H3,(H2,38,39). The molecule has 3 heterocycles. The highest BCUT2D eigenvalue weighted by Crippen LogP contribution is 2.36. The van der Waals surface area contributed by atoms with Gasteiger partial charge in [-0.1, -0.05) is 35.9 Å². The summed E-state index contributed by atoms with van der Waals surface area (Å²) in [7, 11) is -3.90. The Balaban J connectivity index is 1.09. The van der Waals surface area contributed by atoms with Crippen molar-refractivity contribution in [1.82, 2.24) is 14.8 Å². The molecule has 1 amide bonds. The minimum Gasteiger partial charge on any atom is -0.453 e. The van der Waals surface area contributed by atoms with E-state index in [1.807, 2.05) is 6.92 Å². The van der Waals surface area contributed by atoms with E-state index >= 15 is 0 Å². The molecule has 3 aromatic carbocycles. The molecule has 10 nitrogen and oxygen atoms in total. The van der Waals surface area contributed by atoms with Crippen LogP contribution >= 0.6 is 0 Å². The van der Waals surface area contributed by atoms with Gasteiger partial charge in [0.25, 0.3) is 10.1 Å². The molecular weight excluding hydrogens is 647 g/mol. The Kier molecular flexibility index (Phi) is 8.95. The van der Waals surface area contributed by atoms with Crippen LogP contribution in [0.5, 0.6) is 11.5 Å². The number of nitrogens with zero attached hydrogens (tertiary/aromatic N) is 4. The first kappa shape index (κ1) is 32.7. The second-order valence-corrected chi connectivity index (χ2v) is 12.9. The van der Waals surface area contributed by atoms with E-state index in [0.717, 1.165) is 23.3 Å². The quantitative estimate of drug-likeness (QED) is 0.174. The van der Waals surface area contributed by atoms with Crippen molar-refractivity contribution in [3.8, 4) is 22.6 Å². The van der Waals surface area contributed by atoms with Crippen LogP contribution < -0.4 is 15.4 Å². The second-order valence-electron chi connectivity index (χ2n) is 11.3. The number of carbonyl (C=O) groups is 1. The molecule has 248 valence electrons. The number of anilines is 2. The van der Waals surface area contributed by atoms with Gasteiger partial charge in [0.05, 0.1) is 36.2 Å². The molecule has 1 aliphatic rings. The number of aromatic nitrogens is 3. The molecule has 0 saturated carbocycles. The number of nitrogens with two attached hydrogens (primary N) is 1. The van der Waals surface area contributed by atoms with Gasteiger partial charge in [-0.15, -0.1) is 0 Å². The van der Waals surface area contributed by atoms with Crippen LogP contribution in [0.3, 0.4) is 0 Å². The van der Waals surface area contributed by atoms with Crippen molar-refractivity contribution in [1.29, 1.82) is 0 Å². The van der Waals surface area contributed by atoms with E-state index < -0.39 is 21.9 Å². The van der Waals surface area contributed by atoms with Gasteiger partial charge in [-0.3, -0.25) is 13.7 Å². The van der Waals surface area contributed by atoms with E-state index in [-0.39, 0.29) is 41.8 Å². The molecule has 0 unspecified atom stereocenters. The maximum Gasteiger partial charge on any atom is 0.416 e. The average Bonchev–Trinajstić information content (AvgIpc) is 3.69. The van der Waals surface area contributed by atoms with Crippen LogP contribution in [-0.4, -0.2) is 42.2 Å². The lowest BCUT2D eigenvalue weighted by Gasteiger charge is -2.18. The number of hydrogen-bond acceptors (Lipinski definition) is 8. The number of benzene rings is 3. The van der Waals surface area contributed by atoms with E-state index in [1.165, 1.54) is 24.3 Å². The molecule has 14 heteroatoms. The first-order chi connectivity index (χ1) is 22.9. The maximum atomic E-state index is 13.1. The van der Waals surface area contributed by atoms with Gasteiger partial charge in [-0.25, -0.2) is 4.98 Å². The van der Waals surface area contributed by atoms with Crippen LogP contribution in [-0.2, 0) is 44.7 Å². The summed E-state index contributed by atoms with van der Waals surface area (Å²) in [6, 6.07) is 18.1. The smallest absolute Gasteiger partial charge is 0.416 e. The van der Waals surface area contributed by atoms with Gasteiger partial charge in [0.1, 0.15) is 5.75 Å². The van der Waals surface area contributed by atoms with Gasteiger partial charge in [0.2, 0.25) is 5.91 Å². The van der Waals surface area contributed by atoms with Crippen molar-refractivity contribution in [2.24, 2.45) is 0 Å². The number of amides is 1. The monoisotopic (exact) mass is 677 g/mol. The SMILES string of the molecule is Cc1ccc(S(=O)(=O)OCCn2cc(-c3cnc(N)c(Oc4ccc5c(c4)CCN5C(=O)Cc4cccc(C(F)(F)F)c4)c3)cn2)cc1. The molecule has 0 atom stereocenters. The molecule has 0 bridgehead atoms. The number of hydrogen-bond donors (Lipinski definition) is 1. The summed E-state index contributed by atoms with van der Waals surface area (Å²) < 4.78 is 77.1. The number of fused-ring (bicyclic) bond motifs is 1. The van der Waals surface area contributed by atoms with Crippen molar-refractivity contribution < 1.29 is 35.3 Å². The Bertz CT molecular complexity index is 2080. The molecule has 0 saturated heterocycles. The van der Waals surface area contributed by atoms with Gasteiger partial charge < -0.3 is 15.4 Å². The van der Waals surface area contributed by atoms with Gasteiger partial charge in [0, 0.05) is 35.8 Å². The third-order valence-electron chi connectivity index (χ3n) is 7.80. The number of rotatable bonds is 10. The average molecular weight is 678 g/mol. The molecule has 2 N–H and O–H groups in total. The second kappa shape index (κ2) is 13.1. The van der Waals surface area contributed by atoms with Crippen LogP contribution in [0.1, 0.15) is 22.3 Å². The fraction of sp³-hybridized carbons (Fsp3) is 0.206. The summed E-state index contributed by atoms with van der Waals surface area (Å²) >= 11 is 0. The number of nitrogen functional groups attached to an aromatic ring is 1. The summed E-state index contributed by atoms with van der Waals surface area (Å²) in [5.74, 6) is 0.611. The number of carbonyl (C=O) groups excluding carboxylic acids is 1. The largest absolute Gasteiger partial charge is 0.453 e. The van der Waals surface area contributed by atoms with Crippen molar-refractivity contribution in [3.63, 3.8) is 0 Å². The molecule has 48 heavy (non-hydrogen) atoms. The minimum atomic E-state index is -4.49. The number of alkyl halides is 3. The predicted octanol–water partition coefficient (Wildman–Crippen LogP) is 6.18. The molecule has 1 aliphatic heterocycles. The van der Waals surface area contributed by atoms with Crippen molar-refractivity contribution in [3.05, 3.63) is 114 Å². The Morgan fingerprint density at radius 3 is 2.56 bits per heavy atom. The maximum absolute atomic E-state index is 13.1. The third-order valence-corrected chi connectivity index (χ3v) is 9.13. The lowest BCUT2D eigenvalue weighted by Crippen LogP contribution is -2.30. The number of pyridine rings is 1. The topological polar surface area (TPSA) is 130 Å². The van der Waals surface area contributed by atoms with E-state index in [1.54, 1.807) is 64.6 Å². The third kappa shape index (κ3) is 7.34. The van der Waals surface area contributed by atoms with Gasteiger partial charge in [0.15, 0.2) is 11.6 Å². The van der Waals surface area contributed by atoms with E-state index in [4.69, 9.17) is 14.7 Å². The Hall–Kier alpha value is -5.21. The first-order valence-electron chi connectivity index (χ1n) is 14.9. The summed E-state index contributed by atoms with van der Waals surface area (Å²) in [4.78, 5) is 19.0. The van der Waals surface area contributed by atoms with Crippen LogP contribution in [0.4, 0.5) is 24.7 Å². The fourth-order valence-electron chi connectivity index (χ4n) is 5.30. The van der Waals surface area contributed by atoms with Crippen molar-refractivity contribution in [2.45, 2.75) is 37.4 Å². The minimum absolute atomic E-state index is 0.0814. The first-order valence-corrected chi connectivity index (χ1v) is 16.3. The highest BCUT2D eigenvalue weighted by molar-refractivity contribution is 7.86. The Morgan fingerprint density at radius 1 is 1.00 bits per heavy atom. The summed E-state index contributed by atoms with van der Waals surface area (Å²) in [5, 5.41) is 4.29. The Labute approximate surface area is 274 Å². The number of halogens is 3. The van der Waals surface area contributed by atoms with Crippen molar-refractivity contribution in [2.75, 3.05) is 23.8 Å². The normalized spacial score (nSPS) is 13.0. The highest BCUT2D eigenvalue weighted by Gasteiger charge is 2.31. The zero-order valence-corrected chi connectivity index (χ0v) is 26.5. The molecule has 0 spiro atoms. The lowest BCUT2D eigenvalue weighted by molar-refractivity contribution is -0.137. The van der Waals surface area contributed by atoms with Crippen LogP contribution in [0, 0.1) is 6.92 Å². The Morgan fingerprint density at radius 2 is 1.79 bits per heavy atom. The fourth-order valence-corrected chi connectivity index (χ4v) is 6.20. The summed E-state index contributed by atoms with van der Waals surface area (Å²) in [5.41, 5.74) is 9.42. The van der Waals surface area contributed by atoms with Crippen LogP contribution in [0.2, 0.25) is 0 Å². The zero-order chi connectivity index (χ0) is 34.1. The van der Waals surface area contributed by atoms with Crippen molar-refractivity contribution >= 4 is 27.5 Å². The number of ether oxygens (including phenoxy) is 1. The van der Waals surface area contributed by atoms with Gasteiger partial charge in [-0.05, 0) is 66.9 Å². The van der Waals surface area contributed by atoms with E-state index in [0.29, 0.717) is 41.3 Å². The summed E-state index contributed by atoms with van der Waals surface area (Å²) in [6.45, 7) is 2.33. The van der Waals surface area contributed by atoms with E-state index in [2.05, 4.69) is 10.1 Å².